The molecule has 1 heterocycles. The predicted octanol–water partition coefficient (Wildman–Crippen LogP) is 3.19. The zero-order chi connectivity index (χ0) is 14.5. The third-order valence-corrected chi connectivity index (χ3v) is 3.52. The number of nitrogens with zero attached hydrogens (tertiary/aromatic N) is 4. The molecule has 106 valence electrons. The Bertz CT molecular complexity index is 566. The van der Waals surface area contributed by atoms with Crippen molar-refractivity contribution in [2.75, 3.05) is 30.4 Å². The Kier molecular flexibility index (Phi) is 4.89. The monoisotopic (exact) mass is 335 g/mol. The highest BCUT2D eigenvalue weighted by Gasteiger charge is 2.11. The third-order valence-electron chi connectivity index (χ3n) is 3.00. The molecule has 0 bridgehead atoms. The van der Waals surface area contributed by atoms with Crippen molar-refractivity contribution < 1.29 is 0 Å². The number of benzene rings is 1. The van der Waals surface area contributed by atoms with Crippen LogP contribution in [0.1, 0.15) is 13.8 Å². The molecule has 6 heteroatoms. The van der Waals surface area contributed by atoms with Gasteiger partial charge < -0.3 is 10.2 Å². The van der Waals surface area contributed by atoms with Crippen LogP contribution in [-0.4, -0.2) is 35.1 Å². The molecule has 2 rings (SSSR count). The van der Waals surface area contributed by atoms with E-state index in [0.29, 0.717) is 17.7 Å². The van der Waals surface area contributed by atoms with Crippen LogP contribution in [0.5, 0.6) is 0 Å². The van der Waals surface area contributed by atoms with E-state index >= 15 is 0 Å². The van der Waals surface area contributed by atoms with Crippen molar-refractivity contribution in [1.82, 2.24) is 15.0 Å². The molecule has 1 aromatic heterocycles. The summed E-state index contributed by atoms with van der Waals surface area (Å²) >= 11 is 3.43. The zero-order valence-corrected chi connectivity index (χ0v) is 13.5. The molecule has 0 saturated heterocycles. The molecule has 2 aromatic rings. The number of halogens is 1. The molecular weight excluding hydrogens is 318 g/mol. The second kappa shape index (κ2) is 6.65. The van der Waals surface area contributed by atoms with E-state index in [9.17, 15) is 0 Å². The molecule has 0 saturated carbocycles. The average Bonchev–Trinajstić information content (AvgIpc) is 2.49. The smallest absolute Gasteiger partial charge is 0.230 e. The maximum atomic E-state index is 4.57. The van der Waals surface area contributed by atoms with Crippen LogP contribution in [0.3, 0.4) is 0 Å². The standard InChI is InChI=1S/C14H18BrN5/c1-4-20(5-2)14-18-12(17-13(16-3)19-14)10-6-8-11(15)9-7-10/h6-9H,4-5H2,1-3H3,(H,16,17,18,19). The third kappa shape index (κ3) is 3.25. The molecular formula is C14H18BrN5. The van der Waals surface area contributed by atoms with Gasteiger partial charge in [0.25, 0.3) is 0 Å². The summed E-state index contributed by atoms with van der Waals surface area (Å²) in [4.78, 5) is 15.5. The van der Waals surface area contributed by atoms with Gasteiger partial charge in [0.2, 0.25) is 11.9 Å². The van der Waals surface area contributed by atoms with Gasteiger partial charge in [0.15, 0.2) is 5.82 Å². The van der Waals surface area contributed by atoms with Gasteiger partial charge in [-0.25, -0.2) is 0 Å². The summed E-state index contributed by atoms with van der Waals surface area (Å²) in [6.45, 7) is 5.91. The normalized spacial score (nSPS) is 10.4. The predicted molar refractivity (Wildman–Crippen MR) is 86.1 cm³/mol. The van der Waals surface area contributed by atoms with E-state index in [1.165, 1.54) is 0 Å². The van der Waals surface area contributed by atoms with Gasteiger partial charge in [0.1, 0.15) is 0 Å². The molecule has 0 radical (unpaired) electrons. The number of hydrogen-bond donors (Lipinski definition) is 1. The van der Waals surface area contributed by atoms with E-state index in [4.69, 9.17) is 0 Å². The van der Waals surface area contributed by atoms with Gasteiger partial charge in [-0.1, -0.05) is 28.1 Å². The number of aromatic nitrogens is 3. The van der Waals surface area contributed by atoms with Crippen molar-refractivity contribution in [3.8, 4) is 11.4 Å². The van der Waals surface area contributed by atoms with E-state index in [-0.39, 0.29) is 0 Å². The molecule has 5 nitrogen and oxygen atoms in total. The van der Waals surface area contributed by atoms with Crippen LogP contribution in [0.15, 0.2) is 28.7 Å². The van der Waals surface area contributed by atoms with Crippen molar-refractivity contribution in [3.05, 3.63) is 28.7 Å². The summed E-state index contributed by atoms with van der Waals surface area (Å²) in [6, 6.07) is 7.94. The molecule has 1 aromatic carbocycles. The Hall–Kier alpha value is -1.69. The zero-order valence-electron chi connectivity index (χ0n) is 11.9. The average molecular weight is 336 g/mol. The molecule has 0 fully saturated rings. The quantitative estimate of drug-likeness (QED) is 0.909. The van der Waals surface area contributed by atoms with E-state index < -0.39 is 0 Å². The van der Waals surface area contributed by atoms with E-state index in [0.717, 1.165) is 23.1 Å². The van der Waals surface area contributed by atoms with Crippen LogP contribution in [-0.2, 0) is 0 Å². The van der Waals surface area contributed by atoms with Crippen LogP contribution >= 0.6 is 15.9 Å². The Balaban J connectivity index is 2.47. The van der Waals surface area contributed by atoms with Crippen LogP contribution in [0.2, 0.25) is 0 Å². The Morgan fingerprint density at radius 1 is 1.05 bits per heavy atom. The van der Waals surface area contributed by atoms with E-state index in [1.54, 1.807) is 0 Å². The van der Waals surface area contributed by atoms with Crippen molar-refractivity contribution in [3.63, 3.8) is 0 Å². The first-order valence-electron chi connectivity index (χ1n) is 6.62. The summed E-state index contributed by atoms with van der Waals surface area (Å²) in [6.07, 6.45) is 0. The molecule has 0 aliphatic carbocycles. The van der Waals surface area contributed by atoms with E-state index in [2.05, 4.69) is 54.9 Å². The minimum atomic E-state index is 0.583. The lowest BCUT2D eigenvalue weighted by atomic mass is 10.2. The first kappa shape index (κ1) is 14.7. The largest absolute Gasteiger partial charge is 0.357 e. The Morgan fingerprint density at radius 2 is 1.70 bits per heavy atom. The first-order valence-corrected chi connectivity index (χ1v) is 7.42. The maximum Gasteiger partial charge on any atom is 0.230 e. The van der Waals surface area contributed by atoms with Crippen LogP contribution in [0.25, 0.3) is 11.4 Å². The fraction of sp³-hybridized carbons (Fsp3) is 0.357. The lowest BCUT2D eigenvalue weighted by molar-refractivity contribution is 0.815. The lowest BCUT2D eigenvalue weighted by Gasteiger charge is -2.19. The van der Waals surface area contributed by atoms with Crippen molar-refractivity contribution in [2.45, 2.75) is 13.8 Å². The highest BCUT2D eigenvalue weighted by Crippen LogP contribution is 2.21. The van der Waals surface area contributed by atoms with Crippen molar-refractivity contribution in [2.24, 2.45) is 0 Å². The molecule has 0 unspecified atom stereocenters. The molecule has 0 atom stereocenters. The van der Waals surface area contributed by atoms with Crippen LogP contribution in [0, 0.1) is 0 Å². The second-order valence-electron chi connectivity index (χ2n) is 4.21. The summed E-state index contributed by atoms with van der Waals surface area (Å²) < 4.78 is 1.04. The fourth-order valence-electron chi connectivity index (χ4n) is 1.85. The Morgan fingerprint density at radius 3 is 2.25 bits per heavy atom. The number of nitrogens with one attached hydrogen (secondary N) is 1. The number of rotatable bonds is 5. The molecule has 1 N–H and O–H groups in total. The molecule has 0 aliphatic heterocycles. The first-order chi connectivity index (χ1) is 9.67. The summed E-state index contributed by atoms with van der Waals surface area (Å²) in [5.41, 5.74) is 0.973. The summed E-state index contributed by atoms with van der Waals surface area (Å²) in [5, 5.41) is 2.99. The van der Waals surface area contributed by atoms with Gasteiger partial charge in [-0.2, -0.15) is 15.0 Å². The topological polar surface area (TPSA) is 53.9 Å². The van der Waals surface area contributed by atoms with Gasteiger partial charge in [-0.3, -0.25) is 0 Å². The molecule has 0 spiro atoms. The van der Waals surface area contributed by atoms with Crippen molar-refractivity contribution >= 4 is 27.8 Å². The molecule has 0 aliphatic rings. The fourth-order valence-corrected chi connectivity index (χ4v) is 2.12. The Labute approximate surface area is 127 Å². The minimum absolute atomic E-state index is 0.583. The second-order valence-corrected chi connectivity index (χ2v) is 5.13. The van der Waals surface area contributed by atoms with Gasteiger partial charge in [0.05, 0.1) is 0 Å². The summed E-state index contributed by atoms with van der Waals surface area (Å²) in [5.74, 6) is 1.96. The van der Waals surface area contributed by atoms with Crippen LogP contribution < -0.4 is 10.2 Å². The van der Waals surface area contributed by atoms with Gasteiger partial charge in [-0.15, -0.1) is 0 Å². The lowest BCUT2D eigenvalue weighted by Crippen LogP contribution is -2.25. The highest BCUT2D eigenvalue weighted by atomic mass is 79.9. The van der Waals surface area contributed by atoms with Crippen LogP contribution in [0.4, 0.5) is 11.9 Å². The SMILES string of the molecule is CCN(CC)c1nc(NC)nc(-c2ccc(Br)cc2)n1. The van der Waals surface area contributed by atoms with E-state index in [1.807, 2.05) is 31.3 Å². The highest BCUT2D eigenvalue weighted by molar-refractivity contribution is 9.10. The number of hydrogen-bond acceptors (Lipinski definition) is 5. The van der Waals surface area contributed by atoms with Gasteiger partial charge in [0, 0.05) is 30.2 Å². The maximum absolute atomic E-state index is 4.57. The minimum Gasteiger partial charge on any atom is -0.357 e. The summed E-state index contributed by atoms with van der Waals surface area (Å²) in [7, 11) is 1.81. The van der Waals surface area contributed by atoms with Gasteiger partial charge >= 0.3 is 0 Å². The molecule has 0 amide bonds. The van der Waals surface area contributed by atoms with Crippen molar-refractivity contribution in [1.29, 1.82) is 0 Å². The van der Waals surface area contributed by atoms with Gasteiger partial charge in [-0.05, 0) is 26.0 Å². The number of anilines is 2. The molecule has 20 heavy (non-hydrogen) atoms.